The molecule has 0 bridgehead atoms. The number of likely N-dealkylation sites (tertiary alicyclic amines) is 1. The molecule has 0 saturated carbocycles. The van der Waals surface area contributed by atoms with Gasteiger partial charge in [-0.2, -0.15) is 0 Å². The number of hydrogen-bond acceptors (Lipinski definition) is 4. The molecule has 1 aromatic rings. The van der Waals surface area contributed by atoms with Crippen molar-refractivity contribution in [3.63, 3.8) is 0 Å². The zero-order valence-corrected chi connectivity index (χ0v) is 15.0. The van der Waals surface area contributed by atoms with Gasteiger partial charge in [0.25, 0.3) is 11.8 Å². The van der Waals surface area contributed by atoms with Crippen LogP contribution in [0.15, 0.2) is 36.9 Å². The molecule has 1 aliphatic rings. The second kappa shape index (κ2) is 9.60. The molecule has 7 nitrogen and oxygen atoms in total. The molecule has 0 radical (unpaired) electrons. The van der Waals surface area contributed by atoms with Gasteiger partial charge >= 0.3 is 6.09 Å². The molecule has 26 heavy (non-hydrogen) atoms. The molecule has 2 N–H and O–H groups in total. The Morgan fingerprint density at radius 3 is 2.50 bits per heavy atom. The van der Waals surface area contributed by atoms with Crippen LogP contribution in [0.2, 0.25) is 0 Å². The van der Waals surface area contributed by atoms with Crippen LogP contribution in [0.3, 0.4) is 0 Å². The van der Waals surface area contributed by atoms with Gasteiger partial charge in [-0.3, -0.25) is 9.59 Å². The smallest absolute Gasteiger partial charge is 0.409 e. The van der Waals surface area contributed by atoms with Crippen LogP contribution in [0, 0.1) is 0 Å². The third-order valence-electron chi connectivity index (χ3n) is 4.15. The third kappa shape index (κ3) is 5.34. The maximum atomic E-state index is 12.5. The van der Waals surface area contributed by atoms with Gasteiger partial charge in [-0.1, -0.05) is 12.1 Å². The topological polar surface area (TPSA) is 87.7 Å². The van der Waals surface area contributed by atoms with Crippen molar-refractivity contribution < 1.29 is 19.1 Å². The number of carbonyl (C=O) groups excluding carboxylic acids is 3. The lowest BCUT2D eigenvalue weighted by Crippen LogP contribution is -2.46. The number of rotatable bonds is 6. The average molecular weight is 359 g/mol. The zero-order valence-electron chi connectivity index (χ0n) is 15.0. The third-order valence-corrected chi connectivity index (χ3v) is 4.15. The molecule has 1 aromatic carbocycles. The maximum Gasteiger partial charge on any atom is 0.409 e. The SMILES string of the molecule is C=CCNC(=O)c1cccc(C(=O)NC2CCN(C(=O)OCC)CC2)c1. The Balaban J connectivity index is 1.89. The molecule has 0 unspecified atom stereocenters. The predicted octanol–water partition coefficient (Wildman–Crippen LogP) is 1.95. The van der Waals surface area contributed by atoms with Crippen molar-refractivity contribution in [2.45, 2.75) is 25.8 Å². The first-order valence-corrected chi connectivity index (χ1v) is 8.76. The lowest BCUT2D eigenvalue weighted by atomic mass is 10.0. The number of ether oxygens (including phenoxy) is 1. The lowest BCUT2D eigenvalue weighted by molar-refractivity contribution is 0.0859. The van der Waals surface area contributed by atoms with Crippen molar-refractivity contribution >= 4 is 17.9 Å². The van der Waals surface area contributed by atoms with E-state index in [4.69, 9.17) is 4.74 Å². The molecule has 1 heterocycles. The van der Waals surface area contributed by atoms with Gasteiger partial charge in [-0.05, 0) is 38.0 Å². The fourth-order valence-corrected chi connectivity index (χ4v) is 2.76. The van der Waals surface area contributed by atoms with E-state index in [2.05, 4.69) is 17.2 Å². The molecule has 1 fully saturated rings. The van der Waals surface area contributed by atoms with Crippen LogP contribution in [0.1, 0.15) is 40.5 Å². The van der Waals surface area contributed by atoms with Gasteiger partial charge in [0.15, 0.2) is 0 Å². The van der Waals surface area contributed by atoms with Crippen LogP contribution in [-0.2, 0) is 4.74 Å². The summed E-state index contributed by atoms with van der Waals surface area (Å²) in [6.07, 6.45) is 2.63. The van der Waals surface area contributed by atoms with Crippen LogP contribution in [0.4, 0.5) is 4.79 Å². The number of nitrogens with zero attached hydrogens (tertiary/aromatic N) is 1. The first-order valence-electron chi connectivity index (χ1n) is 8.76. The van der Waals surface area contributed by atoms with Gasteiger partial charge in [0, 0.05) is 36.8 Å². The maximum absolute atomic E-state index is 12.5. The molecule has 1 aliphatic heterocycles. The largest absolute Gasteiger partial charge is 0.450 e. The summed E-state index contributed by atoms with van der Waals surface area (Å²) in [6, 6.07) is 6.58. The standard InChI is InChI=1S/C19H25N3O4/c1-3-10-20-17(23)14-6-5-7-15(13-14)18(24)21-16-8-11-22(12-9-16)19(25)26-4-2/h3,5-7,13,16H,1,4,8-12H2,2H3,(H,20,23)(H,21,24). The minimum absolute atomic E-state index is 0.00794. The summed E-state index contributed by atoms with van der Waals surface area (Å²) in [6.45, 7) is 7.15. The second-order valence-corrected chi connectivity index (χ2v) is 6.01. The quantitative estimate of drug-likeness (QED) is 0.760. The highest BCUT2D eigenvalue weighted by atomic mass is 16.6. The number of amides is 3. The monoisotopic (exact) mass is 359 g/mol. The van der Waals surface area contributed by atoms with Crippen molar-refractivity contribution in [3.8, 4) is 0 Å². The Bertz CT molecular complexity index is 667. The molecule has 0 atom stereocenters. The van der Waals surface area contributed by atoms with Crippen molar-refractivity contribution in [3.05, 3.63) is 48.0 Å². The van der Waals surface area contributed by atoms with Gasteiger partial charge in [-0.15, -0.1) is 6.58 Å². The molecule has 0 aliphatic carbocycles. The fourth-order valence-electron chi connectivity index (χ4n) is 2.76. The summed E-state index contributed by atoms with van der Waals surface area (Å²) < 4.78 is 4.99. The Morgan fingerprint density at radius 2 is 1.88 bits per heavy atom. The van der Waals surface area contributed by atoms with Crippen molar-refractivity contribution in [1.29, 1.82) is 0 Å². The molecule has 0 spiro atoms. The Labute approximate surface area is 153 Å². The molecule has 1 saturated heterocycles. The van der Waals surface area contributed by atoms with E-state index in [0.29, 0.717) is 50.2 Å². The minimum Gasteiger partial charge on any atom is -0.450 e. The van der Waals surface area contributed by atoms with E-state index in [1.54, 1.807) is 42.2 Å². The average Bonchev–Trinajstić information content (AvgIpc) is 2.67. The second-order valence-electron chi connectivity index (χ2n) is 6.01. The van der Waals surface area contributed by atoms with Crippen molar-refractivity contribution in [1.82, 2.24) is 15.5 Å². The van der Waals surface area contributed by atoms with Crippen LogP contribution in [0.5, 0.6) is 0 Å². The molecule has 140 valence electrons. The van der Waals surface area contributed by atoms with Gasteiger partial charge < -0.3 is 20.3 Å². The Morgan fingerprint density at radius 1 is 1.23 bits per heavy atom. The fraction of sp³-hybridized carbons (Fsp3) is 0.421. The molecular formula is C19H25N3O4. The summed E-state index contributed by atoms with van der Waals surface area (Å²) in [5.41, 5.74) is 0.862. The molecule has 7 heteroatoms. The van der Waals surface area contributed by atoms with Gasteiger partial charge in [0.2, 0.25) is 0 Å². The van der Waals surface area contributed by atoms with E-state index in [1.807, 2.05) is 0 Å². The number of hydrogen-bond donors (Lipinski definition) is 2. The lowest BCUT2D eigenvalue weighted by Gasteiger charge is -2.31. The molecule has 2 rings (SSSR count). The number of nitrogens with one attached hydrogen (secondary N) is 2. The van der Waals surface area contributed by atoms with Gasteiger partial charge in [0.1, 0.15) is 0 Å². The zero-order chi connectivity index (χ0) is 18.9. The van der Waals surface area contributed by atoms with Gasteiger partial charge in [0.05, 0.1) is 6.61 Å². The van der Waals surface area contributed by atoms with Crippen LogP contribution >= 0.6 is 0 Å². The normalized spacial score (nSPS) is 14.4. The minimum atomic E-state index is -0.310. The van der Waals surface area contributed by atoms with E-state index < -0.39 is 0 Å². The summed E-state index contributed by atoms with van der Waals surface area (Å²) in [4.78, 5) is 37.8. The van der Waals surface area contributed by atoms with E-state index in [-0.39, 0.29) is 23.9 Å². The predicted molar refractivity (Wildman–Crippen MR) is 98.1 cm³/mol. The summed E-state index contributed by atoms with van der Waals surface area (Å²) in [5.74, 6) is -0.472. The number of benzene rings is 1. The number of carbonyl (C=O) groups is 3. The highest BCUT2D eigenvalue weighted by Crippen LogP contribution is 2.13. The van der Waals surface area contributed by atoms with Crippen molar-refractivity contribution in [2.75, 3.05) is 26.2 Å². The summed E-state index contributed by atoms with van der Waals surface area (Å²) in [7, 11) is 0. The number of piperidine rings is 1. The van der Waals surface area contributed by atoms with Crippen LogP contribution in [-0.4, -0.2) is 55.1 Å². The van der Waals surface area contributed by atoms with Crippen molar-refractivity contribution in [2.24, 2.45) is 0 Å². The highest BCUT2D eigenvalue weighted by Gasteiger charge is 2.25. The Hall–Kier alpha value is -2.83. The molecular weight excluding hydrogens is 334 g/mol. The van der Waals surface area contributed by atoms with E-state index >= 15 is 0 Å². The highest BCUT2D eigenvalue weighted by molar-refractivity contribution is 5.99. The van der Waals surface area contributed by atoms with E-state index in [1.165, 1.54) is 0 Å². The van der Waals surface area contributed by atoms with E-state index in [9.17, 15) is 14.4 Å². The molecule has 0 aromatic heterocycles. The summed E-state index contributed by atoms with van der Waals surface area (Å²) in [5, 5.41) is 5.65. The van der Waals surface area contributed by atoms with E-state index in [0.717, 1.165) is 0 Å². The van der Waals surface area contributed by atoms with Crippen LogP contribution < -0.4 is 10.6 Å². The first-order chi connectivity index (χ1) is 12.5. The Kier molecular flexibility index (Phi) is 7.20. The van der Waals surface area contributed by atoms with Gasteiger partial charge in [-0.25, -0.2) is 4.79 Å². The van der Waals surface area contributed by atoms with Crippen LogP contribution in [0.25, 0.3) is 0 Å². The molecule has 3 amide bonds. The first kappa shape index (κ1) is 19.5. The summed E-state index contributed by atoms with van der Waals surface area (Å²) >= 11 is 0.